The van der Waals surface area contributed by atoms with Gasteiger partial charge in [0.15, 0.2) is 5.79 Å². The molecule has 1 spiro atoms. The Morgan fingerprint density at radius 1 is 1.25 bits per heavy atom. The molecule has 2 unspecified atom stereocenters. The second-order valence-electron chi connectivity index (χ2n) is 4.03. The van der Waals surface area contributed by atoms with Crippen LogP contribution in [0.3, 0.4) is 0 Å². The molecule has 3 fully saturated rings. The molecular formula is C9H12O3. The number of hydrogen-bond donors (Lipinski definition) is 0. The highest BCUT2D eigenvalue weighted by molar-refractivity contribution is 5.82. The zero-order valence-corrected chi connectivity index (χ0v) is 6.91. The summed E-state index contributed by atoms with van der Waals surface area (Å²) in [5, 5.41) is 0. The van der Waals surface area contributed by atoms with Crippen LogP contribution >= 0.6 is 0 Å². The van der Waals surface area contributed by atoms with Crippen LogP contribution in [0.4, 0.5) is 0 Å². The molecule has 3 nitrogen and oxygen atoms in total. The van der Waals surface area contributed by atoms with Gasteiger partial charge in [0.1, 0.15) is 5.78 Å². The molecule has 1 saturated heterocycles. The van der Waals surface area contributed by atoms with Gasteiger partial charge in [0.25, 0.3) is 0 Å². The van der Waals surface area contributed by atoms with Crippen LogP contribution in [0.25, 0.3) is 0 Å². The number of ether oxygens (including phenoxy) is 2. The smallest absolute Gasteiger partial charge is 0.172 e. The van der Waals surface area contributed by atoms with Gasteiger partial charge in [-0.05, 0) is 5.92 Å². The summed E-state index contributed by atoms with van der Waals surface area (Å²) in [7, 11) is 0. The normalized spacial score (nSPS) is 43.2. The molecule has 1 aliphatic heterocycles. The summed E-state index contributed by atoms with van der Waals surface area (Å²) >= 11 is 0. The summed E-state index contributed by atoms with van der Waals surface area (Å²) in [6.07, 6.45) is 2.40. The van der Waals surface area contributed by atoms with Crippen LogP contribution in [0.5, 0.6) is 0 Å². The highest BCUT2D eigenvalue weighted by atomic mass is 16.7. The molecule has 2 atom stereocenters. The molecule has 0 aromatic rings. The van der Waals surface area contributed by atoms with Gasteiger partial charge in [0.2, 0.25) is 0 Å². The quantitative estimate of drug-likeness (QED) is 0.535. The zero-order chi connectivity index (χ0) is 8.18. The molecular weight excluding hydrogens is 156 g/mol. The van der Waals surface area contributed by atoms with Crippen molar-refractivity contribution in [3.8, 4) is 0 Å². The van der Waals surface area contributed by atoms with E-state index in [0.29, 0.717) is 37.3 Å². The summed E-state index contributed by atoms with van der Waals surface area (Å²) in [5.41, 5.74) is 0. The molecule has 0 amide bonds. The van der Waals surface area contributed by atoms with Crippen molar-refractivity contribution in [3.05, 3.63) is 0 Å². The van der Waals surface area contributed by atoms with Crippen molar-refractivity contribution in [3.63, 3.8) is 0 Å². The van der Waals surface area contributed by atoms with Crippen LogP contribution in [0.15, 0.2) is 0 Å². The van der Waals surface area contributed by atoms with Crippen LogP contribution in [0, 0.1) is 11.8 Å². The molecule has 2 saturated carbocycles. The molecule has 2 aliphatic carbocycles. The lowest BCUT2D eigenvalue weighted by Crippen LogP contribution is -2.52. The first-order chi connectivity index (χ1) is 5.80. The van der Waals surface area contributed by atoms with E-state index in [0.717, 1.165) is 12.8 Å². The largest absolute Gasteiger partial charge is 0.347 e. The lowest BCUT2D eigenvalue weighted by Gasteiger charge is -2.47. The standard InChI is InChI=1S/C9H12O3/c10-7-3-6-5-9(8(6)4-7)11-1-2-12-9/h6,8H,1-5H2. The Balaban J connectivity index is 1.82. The SMILES string of the molecule is O=C1CC2CC3(OCCO3)C2C1. The van der Waals surface area contributed by atoms with Crippen LogP contribution < -0.4 is 0 Å². The van der Waals surface area contributed by atoms with E-state index in [-0.39, 0.29) is 5.79 Å². The van der Waals surface area contributed by atoms with E-state index in [4.69, 9.17) is 9.47 Å². The molecule has 3 aliphatic rings. The van der Waals surface area contributed by atoms with Gasteiger partial charge in [-0.25, -0.2) is 0 Å². The van der Waals surface area contributed by atoms with E-state index in [1.54, 1.807) is 0 Å². The molecule has 12 heavy (non-hydrogen) atoms. The van der Waals surface area contributed by atoms with Crippen molar-refractivity contribution >= 4 is 5.78 Å². The van der Waals surface area contributed by atoms with E-state index in [1.165, 1.54) is 0 Å². The average molecular weight is 168 g/mol. The summed E-state index contributed by atoms with van der Waals surface area (Å²) < 4.78 is 11.1. The summed E-state index contributed by atoms with van der Waals surface area (Å²) in [4.78, 5) is 11.1. The van der Waals surface area contributed by atoms with Gasteiger partial charge in [-0.15, -0.1) is 0 Å². The molecule has 0 N–H and O–H groups in total. The second kappa shape index (κ2) is 2.09. The fourth-order valence-corrected chi connectivity index (χ4v) is 2.82. The van der Waals surface area contributed by atoms with Crippen molar-refractivity contribution in [1.29, 1.82) is 0 Å². The minimum atomic E-state index is -0.323. The predicted octanol–water partition coefficient (Wildman–Crippen LogP) is 0.728. The van der Waals surface area contributed by atoms with Crippen LogP contribution in [-0.4, -0.2) is 24.8 Å². The first-order valence-corrected chi connectivity index (χ1v) is 4.60. The third kappa shape index (κ3) is 0.709. The predicted molar refractivity (Wildman–Crippen MR) is 40.5 cm³/mol. The number of Topliss-reactive ketones (excluding diaryl/α,β-unsaturated/α-hetero) is 1. The van der Waals surface area contributed by atoms with Gasteiger partial charge in [-0.1, -0.05) is 0 Å². The summed E-state index contributed by atoms with van der Waals surface area (Å²) in [6, 6.07) is 0. The topological polar surface area (TPSA) is 35.5 Å². The Hall–Kier alpha value is -0.410. The Bertz CT molecular complexity index is 230. The average Bonchev–Trinajstić information content (AvgIpc) is 2.57. The van der Waals surface area contributed by atoms with Crippen molar-refractivity contribution in [1.82, 2.24) is 0 Å². The third-order valence-electron chi connectivity index (χ3n) is 3.39. The molecule has 66 valence electrons. The van der Waals surface area contributed by atoms with Gasteiger partial charge in [0, 0.05) is 25.2 Å². The maximum Gasteiger partial charge on any atom is 0.172 e. The van der Waals surface area contributed by atoms with E-state index in [2.05, 4.69) is 0 Å². The summed E-state index contributed by atoms with van der Waals surface area (Å²) in [5.74, 6) is 1.01. The van der Waals surface area contributed by atoms with Gasteiger partial charge >= 0.3 is 0 Å². The van der Waals surface area contributed by atoms with Crippen LogP contribution in [0.1, 0.15) is 19.3 Å². The maximum atomic E-state index is 11.1. The van der Waals surface area contributed by atoms with Crippen LogP contribution in [-0.2, 0) is 14.3 Å². The molecule has 0 aromatic heterocycles. The number of rotatable bonds is 0. The Kier molecular flexibility index (Phi) is 1.23. The van der Waals surface area contributed by atoms with Crippen molar-refractivity contribution < 1.29 is 14.3 Å². The lowest BCUT2D eigenvalue weighted by molar-refractivity contribution is -0.267. The van der Waals surface area contributed by atoms with Gasteiger partial charge < -0.3 is 9.47 Å². The highest BCUT2D eigenvalue weighted by Gasteiger charge is 2.61. The number of ketones is 1. The van der Waals surface area contributed by atoms with Gasteiger partial charge in [-0.2, -0.15) is 0 Å². The van der Waals surface area contributed by atoms with Crippen molar-refractivity contribution in [2.24, 2.45) is 11.8 Å². The van der Waals surface area contributed by atoms with Gasteiger partial charge in [-0.3, -0.25) is 4.79 Å². The molecule has 1 heterocycles. The number of fused-ring (bicyclic) bond motifs is 2. The number of carbonyl (C=O) groups is 1. The second-order valence-corrected chi connectivity index (χ2v) is 4.03. The van der Waals surface area contributed by atoms with E-state index >= 15 is 0 Å². The Labute approximate surface area is 71.0 Å². The minimum absolute atomic E-state index is 0.323. The molecule has 0 radical (unpaired) electrons. The maximum absolute atomic E-state index is 11.1. The fourth-order valence-electron chi connectivity index (χ4n) is 2.82. The molecule has 3 heteroatoms. The minimum Gasteiger partial charge on any atom is -0.347 e. The Morgan fingerprint density at radius 2 is 2.00 bits per heavy atom. The van der Waals surface area contributed by atoms with E-state index < -0.39 is 0 Å². The fraction of sp³-hybridized carbons (Fsp3) is 0.889. The molecule has 3 rings (SSSR count). The summed E-state index contributed by atoms with van der Waals surface area (Å²) in [6.45, 7) is 1.41. The zero-order valence-electron chi connectivity index (χ0n) is 6.91. The van der Waals surface area contributed by atoms with Crippen LogP contribution in [0.2, 0.25) is 0 Å². The molecule has 0 bridgehead atoms. The molecule has 0 aromatic carbocycles. The monoisotopic (exact) mass is 168 g/mol. The number of carbonyl (C=O) groups excluding carboxylic acids is 1. The van der Waals surface area contributed by atoms with Crippen molar-refractivity contribution in [2.45, 2.75) is 25.0 Å². The lowest BCUT2D eigenvalue weighted by atomic mass is 9.70. The third-order valence-corrected chi connectivity index (χ3v) is 3.39. The van der Waals surface area contributed by atoms with Gasteiger partial charge in [0.05, 0.1) is 13.2 Å². The van der Waals surface area contributed by atoms with Crippen molar-refractivity contribution in [2.75, 3.05) is 13.2 Å². The number of hydrogen-bond acceptors (Lipinski definition) is 3. The van der Waals surface area contributed by atoms with E-state index in [1.807, 2.05) is 0 Å². The van der Waals surface area contributed by atoms with E-state index in [9.17, 15) is 4.79 Å². The first-order valence-electron chi connectivity index (χ1n) is 4.60. The highest BCUT2D eigenvalue weighted by Crippen LogP contribution is 2.56. The Morgan fingerprint density at radius 3 is 2.67 bits per heavy atom. The first kappa shape index (κ1) is 7.04.